The monoisotopic (exact) mass is 324 g/mol. The fraction of sp³-hybridized carbons (Fsp3) is 0.333. The summed E-state index contributed by atoms with van der Waals surface area (Å²) in [5.41, 5.74) is 3.33. The molecule has 1 aromatic carbocycles. The van der Waals surface area contributed by atoms with Crippen molar-refractivity contribution in [1.29, 1.82) is 0 Å². The standard InChI is InChI=1S/C15H17ClN2O2S/c1-2-21(19,20)18-7-5-11(6-8-18)14-10-17-15-4-3-12(16)9-13(14)15/h3-5,9-10,17H,2,6-8H2,1H3. The minimum Gasteiger partial charge on any atom is -0.361 e. The Bertz CT molecular complexity index is 808. The topological polar surface area (TPSA) is 53.2 Å². The highest BCUT2D eigenvalue weighted by atomic mass is 35.5. The second-order valence-electron chi connectivity index (χ2n) is 5.13. The van der Waals surface area contributed by atoms with Crippen molar-refractivity contribution in [1.82, 2.24) is 9.29 Å². The van der Waals surface area contributed by atoms with Crippen molar-refractivity contribution >= 4 is 38.1 Å². The average Bonchev–Trinajstić information content (AvgIpc) is 2.90. The van der Waals surface area contributed by atoms with Gasteiger partial charge in [0.15, 0.2) is 0 Å². The van der Waals surface area contributed by atoms with Gasteiger partial charge in [-0.25, -0.2) is 8.42 Å². The van der Waals surface area contributed by atoms with Crippen LogP contribution in [-0.4, -0.2) is 36.5 Å². The van der Waals surface area contributed by atoms with Gasteiger partial charge in [0.25, 0.3) is 0 Å². The number of halogens is 1. The predicted octanol–water partition coefficient (Wildman–Crippen LogP) is 3.26. The molecule has 0 fully saturated rings. The fourth-order valence-corrected chi connectivity index (χ4v) is 3.90. The Hall–Kier alpha value is -1.30. The number of rotatable bonds is 3. The molecule has 1 aliphatic heterocycles. The lowest BCUT2D eigenvalue weighted by Crippen LogP contribution is -2.35. The van der Waals surface area contributed by atoms with E-state index in [1.54, 1.807) is 11.2 Å². The molecule has 1 aliphatic rings. The van der Waals surface area contributed by atoms with E-state index in [1.807, 2.05) is 30.5 Å². The Labute approximate surface area is 129 Å². The van der Waals surface area contributed by atoms with E-state index in [0.29, 0.717) is 18.1 Å². The normalized spacial score (nSPS) is 17.1. The van der Waals surface area contributed by atoms with Crippen molar-refractivity contribution < 1.29 is 8.42 Å². The summed E-state index contributed by atoms with van der Waals surface area (Å²) in [5, 5.41) is 1.79. The maximum atomic E-state index is 11.9. The summed E-state index contributed by atoms with van der Waals surface area (Å²) < 4.78 is 25.3. The van der Waals surface area contributed by atoms with Crippen LogP contribution in [0.25, 0.3) is 16.5 Å². The zero-order chi connectivity index (χ0) is 15.0. The SMILES string of the molecule is CCS(=O)(=O)N1CC=C(c2c[nH]c3ccc(Cl)cc23)CC1. The molecule has 1 aromatic heterocycles. The zero-order valence-electron chi connectivity index (χ0n) is 11.8. The van der Waals surface area contributed by atoms with Gasteiger partial charge in [-0.15, -0.1) is 0 Å². The molecule has 0 atom stereocenters. The van der Waals surface area contributed by atoms with Crippen LogP contribution >= 0.6 is 11.6 Å². The predicted molar refractivity (Wildman–Crippen MR) is 86.9 cm³/mol. The van der Waals surface area contributed by atoms with Crippen molar-refractivity contribution in [2.45, 2.75) is 13.3 Å². The molecule has 0 saturated heterocycles. The lowest BCUT2D eigenvalue weighted by atomic mass is 10.00. The Morgan fingerprint density at radius 3 is 2.86 bits per heavy atom. The summed E-state index contributed by atoms with van der Waals surface area (Å²) >= 11 is 6.07. The molecule has 6 heteroatoms. The van der Waals surface area contributed by atoms with Crippen LogP contribution in [0.1, 0.15) is 18.9 Å². The van der Waals surface area contributed by atoms with Crippen molar-refractivity contribution in [2.75, 3.05) is 18.8 Å². The number of hydrogen-bond donors (Lipinski definition) is 1. The zero-order valence-corrected chi connectivity index (χ0v) is 13.3. The molecule has 0 spiro atoms. The first-order valence-corrected chi connectivity index (χ1v) is 8.94. The third-order valence-electron chi connectivity index (χ3n) is 3.92. The minimum absolute atomic E-state index is 0.152. The summed E-state index contributed by atoms with van der Waals surface area (Å²) in [7, 11) is -3.10. The second kappa shape index (κ2) is 5.48. The summed E-state index contributed by atoms with van der Waals surface area (Å²) in [4.78, 5) is 3.23. The van der Waals surface area contributed by atoms with Crippen molar-refractivity contribution in [3.05, 3.63) is 41.1 Å². The van der Waals surface area contributed by atoms with E-state index in [2.05, 4.69) is 4.98 Å². The Morgan fingerprint density at radius 2 is 2.19 bits per heavy atom. The number of nitrogens with zero attached hydrogens (tertiary/aromatic N) is 1. The van der Waals surface area contributed by atoms with Crippen LogP contribution in [-0.2, 0) is 10.0 Å². The largest absolute Gasteiger partial charge is 0.361 e. The number of nitrogens with one attached hydrogen (secondary N) is 1. The Balaban J connectivity index is 1.93. The Kier molecular flexibility index (Phi) is 3.82. The molecule has 0 aliphatic carbocycles. The lowest BCUT2D eigenvalue weighted by Gasteiger charge is -2.25. The second-order valence-corrected chi connectivity index (χ2v) is 7.82. The first kappa shape index (κ1) is 14.6. The molecule has 0 radical (unpaired) electrons. The molecule has 4 nitrogen and oxygen atoms in total. The van der Waals surface area contributed by atoms with Crippen LogP contribution in [0.4, 0.5) is 0 Å². The van der Waals surface area contributed by atoms with Crippen LogP contribution in [0.3, 0.4) is 0 Å². The van der Waals surface area contributed by atoms with Gasteiger partial charge < -0.3 is 4.98 Å². The van der Waals surface area contributed by atoms with Crippen molar-refractivity contribution in [3.63, 3.8) is 0 Å². The average molecular weight is 325 g/mol. The number of fused-ring (bicyclic) bond motifs is 1. The van der Waals surface area contributed by atoms with E-state index in [4.69, 9.17) is 11.6 Å². The highest BCUT2D eigenvalue weighted by molar-refractivity contribution is 7.89. The van der Waals surface area contributed by atoms with Gasteiger partial charge in [-0.3, -0.25) is 0 Å². The first-order valence-electron chi connectivity index (χ1n) is 6.95. The number of benzene rings is 1. The van der Waals surface area contributed by atoms with Gasteiger partial charge in [0, 0.05) is 40.8 Å². The smallest absolute Gasteiger partial charge is 0.214 e. The van der Waals surface area contributed by atoms with E-state index in [-0.39, 0.29) is 5.75 Å². The van der Waals surface area contributed by atoms with Gasteiger partial charge >= 0.3 is 0 Å². The molecule has 0 unspecified atom stereocenters. The van der Waals surface area contributed by atoms with Crippen LogP contribution in [0.15, 0.2) is 30.5 Å². The maximum absolute atomic E-state index is 11.9. The number of sulfonamides is 1. The number of H-pyrrole nitrogens is 1. The van der Waals surface area contributed by atoms with E-state index < -0.39 is 10.0 Å². The van der Waals surface area contributed by atoms with Crippen LogP contribution in [0, 0.1) is 0 Å². The first-order chi connectivity index (χ1) is 10.0. The molecule has 0 saturated carbocycles. The van der Waals surface area contributed by atoms with Crippen LogP contribution < -0.4 is 0 Å². The molecular formula is C15H17ClN2O2S. The van der Waals surface area contributed by atoms with Gasteiger partial charge in [0.2, 0.25) is 10.0 Å². The van der Waals surface area contributed by atoms with Crippen molar-refractivity contribution in [3.8, 4) is 0 Å². The van der Waals surface area contributed by atoms with E-state index >= 15 is 0 Å². The fourth-order valence-electron chi connectivity index (χ4n) is 2.69. The van der Waals surface area contributed by atoms with Gasteiger partial charge in [0.05, 0.1) is 5.75 Å². The van der Waals surface area contributed by atoms with Gasteiger partial charge in [-0.05, 0) is 37.1 Å². The highest BCUT2D eigenvalue weighted by Crippen LogP contribution is 2.31. The summed E-state index contributed by atoms with van der Waals surface area (Å²) in [5.74, 6) is 0.152. The van der Waals surface area contributed by atoms with Gasteiger partial charge in [-0.1, -0.05) is 17.7 Å². The highest BCUT2D eigenvalue weighted by Gasteiger charge is 2.23. The molecule has 21 heavy (non-hydrogen) atoms. The molecule has 112 valence electrons. The third-order valence-corrected chi connectivity index (χ3v) is 6.00. The lowest BCUT2D eigenvalue weighted by molar-refractivity contribution is 0.442. The molecule has 0 bridgehead atoms. The summed E-state index contributed by atoms with van der Waals surface area (Å²) in [6.45, 7) is 2.66. The number of aromatic nitrogens is 1. The van der Waals surface area contributed by atoms with Crippen molar-refractivity contribution in [2.24, 2.45) is 0 Å². The summed E-state index contributed by atoms with van der Waals surface area (Å²) in [6, 6.07) is 5.76. The molecule has 0 amide bonds. The van der Waals surface area contributed by atoms with Crippen LogP contribution in [0.2, 0.25) is 5.02 Å². The van der Waals surface area contributed by atoms with E-state index in [1.165, 1.54) is 5.57 Å². The number of aromatic amines is 1. The van der Waals surface area contributed by atoms with E-state index in [0.717, 1.165) is 22.9 Å². The summed E-state index contributed by atoms with van der Waals surface area (Å²) in [6.07, 6.45) is 4.69. The minimum atomic E-state index is -3.10. The number of hydrogen-bond acceptors (Lipinski definition) is 2. The van der Waals surface area contributed by atoms with E-state index in [9.17, 15) is 8.42 Å². The third kappa shape index (κ3) is 2.73. The van der Waals surface area contributed by atoms with Gasteiger partial charge in [-0.2, -0.15) is 4.31 Å². The maximum Gasteiger partial charge on any atom is 0.214 e. The molecular weight excluding hydrogens is 308 g/mol. The molecule has 2 aromatic rings. The molecule has 2 heterocycles. The van der Waals surface area contributed by atoms with Gasteiger partial charge in [0.1, 0.15) is 0 Å². The quantitative estimate of drug-likeness (QED) is 0.942. The molecule has 1 N–H and O–H groups in total. The molecule has 3 rings (SSSR count). The Morgan fingerprint density at radius 1 is 1.38 bits per heavy atom. The van der Waals surface area contributed by atoms with Crippen LogP contribution in [0.5, 0.6) is 0 Å².